The van der Waals surface area contributed by atoms with Gasteiger partial charge in [-0.25, -0.2) is 4.39 Å². The summed E-state index contributed by atoms with van der Waals surface area (Å²) in [6.45, 7) is 0. The number of rotatable bonds is 3. The molecule has 0 aliphatic heterocycles. The van der Waals surface area contributed by atoms with Crippen LogP contribution in [0.1, 0.15) is 10.4 Å². The van der Waals surface area contributed by atoms with Gasteiger partial charge in [0, 0.05) is 29.0 Å². The maximum absolute atomic E-state index is 13.8. The number of nitrogens with one attached hydrogen (secondary N) is 1. The molecule has 4 nitrogen and oxygen atoms in total. The molecule has 0 bridgehead atoms. The molecule has 0 saturated heterocycles. The Morgan fingerprint density at radius 1 is 1.24 bits per heavy atom. The van der Waals surface area contributed by atoms with E-state index in [1.165, 1.54) is 12.1 Å². The molecule has 0 aliphatic carbocycles. The minimum absolute atomic E-state index is 0.146. The van der Waals surface area contributed by atoms with Gasteiger partial charge in [0.15, 0.2) is 0 Å². The first-order valence-electron chi connectivity index (χ1n) is 6.21. The first-order chi connectivity index (χ1) is 9.88. The summed E-state index contributed by atoms with van der Waals surface area (Å²) in [6.07, 6.45) is 0. The van der Waals surface area contributed by atoms with Crippen LogP contribution in [0.5, 0.6) is 0 Å². The van der Waals surface area contributed by atoms with Gasteiger partial charge in [0.05, 0.1) is 11.3 Å². The SMILES string of the molecule is CN(C)c1ccc(N)cc1C(=O)Nc1ccc(I)cc1F. The van der Waals surface area contributed by atoms with Crippen LogP contribution in [0.2, 0.25) is 0 Å². The zero-order valence-corrected chi connectivity index (χ0v) is 13.8. The molecule has 0 fully saturated rings. The average molecular weight is 399 g/mol. The molecule has 3 N–H and O–H groups in total. The smallest absolute Gasteiger partial charge is 0.257 e. The van der Waals surface area contributed by atoms with Crippen LogP contribution in [-0.2, 0) is 0 Å². The molecule has 0 aromatic heterocycles. The third kappa shape index (κ3) is 3.63. The van der Waals surface area contributed by atoms with Crippen LogP contribution in [0, 0.1) is 9.39 Å². The summed E-state index contributed by atoms with van der Waals surface area (Å²) >= 11 is 2.01. The normalized spacial score (nSPS) is 10.3. The molecule has 1 amide bonds. The molecule has 2 aromatic rings. The molecule has 21 heavy (non-hydrogen) atoms. The van der Waals surface area contributed by atoms with Crippen LogP contribution in [0.3, 0.4) is 0 Å². The van der Waals surface area contributed by atoms with E-state index in [-0.39, 0.29) is 5.69 Å². The lowest BCUT2D eigenvalue weighted by Gasteiger charge is -2.17. The molecule has 0 aliphatic rings. The number of hydrogen-bond acceptors (Lipinski definition) is 3. The lowest BCUT2D eigenvalue weighted by atomic mass is 10.1. The molecule has 0 heterocycles. The number of anilines is 3. The Balaban J connectivity index is 2.34. The van der Waals surface area contributed by atoms with Gasteiger partial charge >= 0.3 is 0 Å². The topological polar surface area (TPSA) is 58.4 Å². The van der Waals surface area contributed by atoms with Gasteiger partial charge in [-0.15, -0.1) is 0 Å². The molecule has 6 heteroatoms. The van der Waals surface area contributed by atoms with Gasteiger partial charge in [-0.3, -0.25) is 4.79 Å². The Morgan fingerprint density at radius 3 is 2.57 bits per heavy atom. The Bertz CT molecular complexity index is 689. The first kappa shape index (κ1) is 15.6. The van der Waals surface area contributed by atoms with Crippen LogP contribution in [0.25, 0.3) is 0 Å². The lowest BCUT2D eigenvalue weighted by molar-refractivity contribution is 0.102. The van der Waals surface area contributed by atoms with E-state index in [2.05, 4.69) is 5.32 Å². The zero-order valence-electron chi connectivity index (χ0n) is 11.7. The van der Waals surface area contributed by atoms with Crippen molar-refractivity contribution in [2.75, 3.05) is 30.0 Å². The minimum Gasteiger partial charge on any atom is -0.399 e. The van der Waals surface area contributed by atoms with Crippen LogP contribution in [0.15, 0.2) is 36.4 Å². The summed E-state index contributed by atoms with van der Waals surface area (Å²) in [5, 5.41) is 2.58. The number of nitrogens with zero attached hydrogens (tertiary/aromatic N) is 1. The standard InChI is InChI=1S/C15H15FIN3O/c1-20(2)14-6-4-10(18)8-11(14)15(21)19-13-5-3-9(17)7-12(13)16/h3-8H,18H2,1-2H3,(H,19,21). The molecule has 0 atom stereocenters. The predicted molar refractivity (Wildman–Crippen MR) is 92.3 cm³/mol. The number of hydrogen-bond donors (Lipinski definition) is 2. The van der Waals surface area contributed by atoms with Gasteiger partial charge in [-0.2, -0.15) is 0 Å². The van der Waals surface area contributed by atoms with Crippen molar-refractivity contribution < 1.29 is 9.18 Å². The van der Waals surface area contributed by atoms with Gasteiger partial charge in [0.2, 0.25) is 0 Å². The monoisotopic (exact) mass is 399 g/mol. The van der Waals surface area contributed by atoms with Crippen molar-refractivity contribution in [2.24, 2.45) is 0 Å². The average Bonchev–Trinajstić information content (AvgIpc) is 2.41. The molecule has 0 spiro atoms. The van der Waals surface area contributed by atoms with Crippen molar-refractivity contribution in [1.82, 2.24) is 0 Å². The fraction of sp³-hybridized carbons (Fsp3) is 0.133. The highest BCUT2D eigenvalue weighted by atomic mass is 127. The van der Waals surface area contributed by atoms with E-state index in [0.717, 1.165) is 3.57 Å². The van der Waals surface area contributed by atoms with E-state index < -0.39 is 11.7 Å². The molecule has 2 aromatic carbocycles. The Morgan fingerprint density at radius 2 is 1.95 bits per heavy atom. The Kier molecular flexibility index (Phi) is 4.66. The summed E-state index contributed by atoms with van der Waals surface area (Å²) in [5.74, 6) is -0.864. The molecular formula is C15H15FIN3O. The molecule has 0 saturated carbocycles. The number of amides is 1. The summed E-state index contributed by atoms with van der Waals surface area (Å²) in [7, 11) is 3.65. The molecule has 0 radical (unpaired) electrons. The van der Waals surface area contributed by atoms with E-state index in [0.29, 0.717) is 16.9 Å². The second-order valence-electron chi connectivity index (χ2n) is 4.75. The number of halogens is 2. The number of carbonyl (C=O) groups excluding carboxylic acids is 1. The maximum Gasteiger partial charge on any atom is 0.257 e. The largest absolute Gasteiger partial charge is 0.399 e. The third-order valence-electron chi connectivity index (χ3n) is 2.93. The third-order valence-corrected chi connectivity index (χ3v) is 3.60. The second kappa shape index (κ2) is 6.30. The molecule has 0 unspecified atom stereocenters. The van der Waals surface area contributed by atoms with E-state index in [1.54, 1.807) is 29.2 Å². The van der Waals surface area contributed by atoms with E-state index in [4.69, 9.17) is 5.73 Å². The number of benzene rings is 2. The van der Waals surface area contributed by atoms with Crippen molar-refractivity contribution >= 4 is 45.6 Å². The van der Waals surface area contributed by atoms with Crippen LogP contribution >= 0.6 is 22.6 Å². The maximum atomic E-state index is 13.8. The number of carbonyl (C=O) groups is 1. The fourth-order valence-electron chi connectivity index (χ4n) is 1.91. The van der Waals surface area contributed by atoms with Crippen molar-refractivity contribution in [3.63, 3.8) is 0 Å². The first-order valence-corrected chi connectivity index (χ1v) is 7.29. The van der Waals surface area contributed by atoms with Gasteiger partial charge in [-0.05, 0) is 59.0 Å². The number of nitrogen functional groups attached to an aromatic ring is 1. The zero-order chi connectivity index (χ0) is 15.6. The highest BCUT2D eigenvalue weighted by Gasteiger charge is 2.15. The van der Waals surface area contributed by atoms with Crippen molar-refractivity contribution in [3.05, 3.63) is 51.3 Å². The molecule has 2 rings (SSSR count). The highest BCUT2D eigenvalue weighted by Crippen LogP contribution is 2.24. The van der Waals surface area contributed by atoms with Gasteiger partial charge in [-0.1, -0.05) is 0 Å². The fourth-order valence-corrected chi connectivity index (χ4v) is 2.36. The van der Waals surface area contributed by atoms with Gasteiger partial charge in [0.1, 0.15) is 5.82 Å². The van der Waals surface area contributed by atoms with Crippen molar-refractivity contribution in [2.45, 2.75) is 0 Å². The van der Waals surface area contributed by atoms with E-state index >= 15 is 0 Å². The Hall–Kier alpha value is -1.83. The number of nitrogens with two attached hydrogens (primary N) is 1. The summed E-state index contributed by atoms with van der Waals surface area (Å²) < 4.78 is 14.6. The summed E-state index contributed by atoms with van der Waals surface area (Å²) in [4.78, 5) is 14.2. The highest BCUT2D eigenvalue weighted by molar-refractivity contribution is 14.1. The summed E-state index contributed by atoms with van der Waals surface area (Å²) in [6, 6.07) is 9.69. The molecule has 110 valence electrons. The summed E-state index contributed by atoms with van der Waals surface area (Å²) in [5.41, 5.74) is 7.48. The quantitative estimate of drug-likeness (QED) is 0.615. The van der Waals surface area contributed by atoms with E-state index in [9.17, 15) is 9.18 Å². The van der Waals surface area contributed by atoms with Gasteiger partial charge in [0.25, 0.3) is 5.91 Å². The lowest BCUT2D eigenvalue weighted by Crippen LogP contribution is -2.19. The van der Waals surface area contributed by atoms with E-state index in [1.807, 2.05) is 36.7 Å². The Labute approximate surface area is 136 Å². The van der Waals surface area contributed by atoms with Crippen LogP contribution in [0.4, 0.5) is 21.5 Å². The van der Waals surface area contributed by atoms with Crippen molar-refractivity contribution in [3.8, 4) is 0 Å². The molecular weight excluding hydrogens is 384 g/mol. The van der Waals surface area contributed by atoms with Gasteiger partial charge < -0.3 is 16.0 Å². The second-order valence-corrected chi connectivity index (χ2v) is 5.99. The minimum atomic E-state index is -0.467. The predicted octanol–water partition coefficient (Wildman–Crippen LogP) is 3.33. The van der Waals surface area contributed by atoms with Crippen molar-refractivity contribution in [1.29, 1.82) is 0 Å². The van der Waals surface area contributed by atoms with Crippen LogP contribution < -0.4 is 16.0 Å². The van der Waals surface area contributed by atoms with Crippen LogP contribution in [-0.4, -0.2) is 20.0 Å².